The van der Waals surface area contributed by atoms with Crippen LogP contribution < -0.4 is 0 Å². The Morgan fingerprint density at radius 1 is 1.17 bits per heavy atom. The maximum atomic E-state index is 9.50. The van der Waals surface area contributed by atoms with Crippen LogP contribution in [0, 0.1) is 0 Å². The van der Waals surface area contributed by atoms with Crippen LogP contribution in [0.5, 0.6) is 0 Å². The van der Waals surface area contributed by atoms with Crippen molar-refractivity contribution in [3.8, 4) is 0 Å². The van der Waals surface area contributed by atoms with Crippen LogP contribution in [0.25, 0.3) is 0 Å². The van der Waals surface area contributed by atoms with E-state index >= 15 is 0 Å². The van der Waals surface area contributed by atoms with Crippen molar-refractivity contribution in [2.24, 2.45) is 0 Å². The molecule has 0 unspecified atom stereocenters. The summed E-state index contributed by atoms with van der Waals surface area (Å²) in [6, 6.07) is 0. The fraction of sp³-hybridized carbons (Fsp3) is 1.00. The largest absolute Gasteiger partial charge is 0.269 e. The fourth-order valence-electron chi connectivity index (χ4n) is 0. The maximum absolute atomic E-state index is 9.50. The summed E-state index contributed by atoms with van der Waals surface area (Å²) in [6.45, 7) is 4.25. The van der Waals surface area contributed by atoms with Crippen molar-refractivity contribution in [3.05, 3.63) is 0 Å². The highest BCUT2D eigenvalue weighted by molar-refractivity contribution is 3.92. The van der Waals surface area contributed by atoms with Crippen molar-refractivity contribution in [1.29, 1.82) is 0 Å². The van der Waals surface area contributed by atoms with Crippen LogP contribution in [0.15, 0.2) is 0 Å². The van der Waals surface area contributed by atoms with Gasteiger partial charge in [0.25, 0.3) is 0 Å². The van der Waals surface area contributed by atoms with Crippen molar-refractivity contribution in [1.82, 2.24) is 0 Å². The summed E-state index contributed by atoms with van der Waals surface area (Å²) in [5.41, 5.74) is 0. The van der Waals surface area contributed by atoms with Gasteiger partial charge in [0.15, 0.2) is 0 Å². The molecule has 0 fully saturated rings. The summed E-state index contributed by atoms with van der Waals surface area (Å²) < 4.78 is 9.50. The molecular formula is C4H12F2. The first-order valence-corrected chi connectivity index (χ1v) is 1.79. The van der Waals surface area contributed by atoms with Crippen LogP contribution in [-0.2, 0) is 0 Å². The van der Waals surface area contributed by atoms with Gasteiger partial charge < -0.3 is 0 Å². The molecule has 0 amide bonds. The van der Waals surface area contributed by atoms with E-state index in [1.807, 2.05) is 0 Å². The third-order valence-electron chi connectivity index (χ3n) is 0. The summed E-state index contributed by atoms with van der Waals surface area (Å²) in [6.07, 6.45) is 1.25. The van der Waals surface area contributed by atoms with Gasteiger partial charge in [0.05, 0.1) is 7.18 Å². The molecule has 6 heavy (non-hydrogen) atoms. The lowest BCUT2D eigenvalue weighted by atomic mass is 10.6. The van der Waals surface area contributed by atoms with E-state index in [9.17, 15) is 4.39 Å². The number of hydrogen-bond donors (Lipinski definition) is 0. The molecule has 2 heteroatoms. The highest BCUT2D eigenvalue weighted by Crippen LogP contribution is 1.56. The summed E-state index contributed by atoms with van der Waals surface area (Å²) in [4.78, 5) is 0. The number of alkyl halides is 1. The van der Waals surface area contributed by atoms with E-state index in [-0.39, 0.29) is 4.70 Å². The van der Waals surface area contributed by atoms with Crippen LogP contribution in [-0.4, -0.2) is 7.18 Å². The van der Waals surface area contributed by atoms with Gasteiger partial charge >= 0.3 is 0 Å². The second-order valence-corrected chi connectivity index (χ2v) is 0.707. The Morgan fingerprint density at radius 2 is 1.17 bits per heavy atom. The Hall–Kier alpha value is -0.140. The average Bonchev–Trinajstić information content (AvgIpc) is 1.46. The van der Waals surface area contributed by atoms with Gasteiger partial charge in [-0.25, -0.2) is 0 Å². The molecule has 0 nitrogen and oxygen atoms in total. The molecule has 0 aliphatic rings. The molecule has 0 saturated heterocycles. The molecule has 0 N–H and O–H groups in total. The summed E-state index contributed by atoms with van der Waals surface area (Å²) in [7, 11) is 0.500. The van der Waals surface area contributed by atoms with Gasteiger partial charge in [0, 0.05) is 0 Å². The smallest absolute Gasteiger partial charge is 0.0785 e. The minimum atomic E-state index is 0. The predicted octanol–water partition coefficient (Wildman–Crippen LogP) is 2.15. The molecule has 0 atom stereocenters. The Balaban J connectivity index is -0.0000000275. The Morgan fingerprint density at radius 3 is 1.17 bits per heavy atom. The number of halogens is 2. The van der Waals surface area contributed by atoms with E-state index < -0.39 is 0 Å². The SMILES string of the molecule is CCC.CF.F. The van der Waals surface area contributed by atoms with Crippen LogP contribution in [0.2, 0.25) is 0 Å². The van der Waals surface area contributed by atoms with E-state index in [4.69, 9.17) is 0 Å². The van der Waals surface area contributed by atoms with Gasteiger partial charge in [0.2, 0.25) is 0 Å². The minimum Gasteiger partial charge on any atom is -0.269 e. The summed E-state index contributed by atoms with van der Waals surface area (Å²) in [5.74, 6) is 0. The molecule has 0 saturated carbocycles. The van der Waals surface area contributed by atoms with Gasteiger partial charge in [-0.1, -0.05) is 20.3 Å². The first-order valence-electron chi connectivity index (χ1n) is 1.79. The van der Waals surface area contributed by atoms with Gasteiger partial charge in [-0.3, -0.25) is 9.09 Å². The topological polar surface area (TPSA) is 0 Å². The summed E-state index contributed by atoms with van der Waals surface area (Å²) in [5, 5.41) is 0. The lowest BCUT2D eigenvalue weighted by Crippen LogP contribution is -1.27. The predicted molar refractivity (Wildman–Crippen MR) is 25.5 cm³/mol. The van der Waals surface area contributed by atoms with E-state index in [2.05, 4.69) is 13.8 Å². The molecule has 42 valence electrons. The van der Waals surface area contributed by atoms with E-state index in [1.165, 1.54) is 6.42 Å². The lowest BCUT2D eigenvalue weighted by molar-refractivity contribution is 0.636. The first kappa shape index (κ1) is 16.9. The fourth-order valence-corrected chi connectivity index (χ4v) is 0. The molecule has 0 radical (unpaired) electrons. The Labute approximate surface area is 37.7 Å². The lowest BCUT2D eigenvalue weighted by Gasteiger charge is -1.48. The molecule has 0 bridgehead atoms. The van der Waals surface area contributed by atoms with Gasteiger partial charge in [-0.15, -0.1) is 0 Å². The molecule has 0 rings (SSSR count). The second-order valence-electron chi connectivity index (χ2n) is 0.707. The molecule has 0 aliphatic carbocycles. The molecular weight excluding hydrogens is 86.0 g/mol. The molecule has 0 heterocycles. The number of rotatable bonds is 0. The van der Waals surface area contributed by atoms with Crippen molar-refractivity contribution >= 4 is 0 Å². The first-order chi connectivity index (χ1) is 2.41. The third-order valence-corrected chi connectivity index (χ3v) is 0. The van der Waals surface area contributed by atoms with Gasteiger partial charge in [-0.2, -0.15) is 0 Å². The van der Waals surface area contributed by atoms with Crippen LogP contribution >= 0.6 is 0 Å². The van der Waals surface area contributed by atoms with Gasteiger partial charge in [-0.05, 0) is 0 Å². The van der Waals surface area contributed by atoms with E-state index in [0.29, 0.717) is 7.18 Å². The highest BCUT2D eigenvalue weighted by Gasteiger charge is 1.35. The molecule has 0 aromatic carbocycles. The zero-order valence-corrected chi connectivity index (χ0v) is 4.49. The standard InChI is InChI=1S/C3H8.CH3F.FH/c1-3-2;1-2;/h3H2,1-2H3;1H3;1H. The second kappa shape index (κ2) is 97.9. The van der Waals surface area contributed by atoms with E-state index in [1.54, 1.807) is 0 Å². The Kier molecular flexibility index (Phi) is 276. The maximum Gasteiger partial charge on any atom is 0.0785 e. The Bertz CT molecular complexity index is 5.51. The average molecular weight is 98.1 g/mol. The van der Waals surface area contributed by atoms with Crippen LogP contribution in [0.1, 0.15) is 20.3 Å². The molecule has 0 spiro atoms. The zero-order valence-electron chi connectivity index (χ0n) is 4.49. The van der Waals surface area contributed by atoms with Crippen molar-refractivity contribution in [2.75, 3.05) is 7.18 Å². The molecule has 0 aromatic rings. The molecule has 0 aromatic heterocycles. The minimum absolute atomic E-state index is 0. The highest BCUT2D eigenvalue weighted by atomic mass is 19.1. The van der Waals surface area contributed by atoms with E-state index in [0.717, 1.165) is 0 Å². The van der Waals surface area contributed by atoms with Crippen molar-refractivity contribution in [2.45, 2.75) is 20.3 Å². The summed E-state index contributed by atoms with van der Waals surface area (Å²) >= 11 is 0. The third kappa shape index (κ3) is 1610. The van der Waals surface area contributed by atoms with Crippen LogP contribution in [0.3, 0.4) is 0 Å². The van der Waals surface area contributed by atoms with Gasteiger partial charge in [0.1, 0.15) is 0 Å². The normalized spacial score (nSPS) is 4.00. The quantitative estimate of drug-likeness (QED) is 0.435. The van der Waals surface area contributed by atoms with Crippen molar-refractivity contribution < 1.29 is 9.09 Å². The zero-order chi connectivity index (χ0) is 4.71. The molecule has 0 aliphatic heterocycles. The van der Waals surface area contributed by atoms with Crippen LogP contribution in [0.4, 0.5) is 9.09 Å². The number of hydrogen-bond acceptors (Lipinski definition) is 0. The monoisotopic (exact) mass is 98.1 g/mol. The van der Waals surface area contributed by atoms with Crippen molar-refractivity contribution in [3.63, 3.8) is 0 Å².